The van der Waals surface area contributed by atoms with Crippen LogP contribution < -0.4 is 10.6 Å². The Morgan fingerprint density at radius 1 is 1.43 bits per heavy atom. The van der Waals surface area contributed by atoms with Crippen molar-refractivity contribution < 1.29 is 0 Å². The van der Waals surface area contributed by atoms with Crippen molar-refractivity contribution in [2.75, 3.05) is 18.4 Å². The second-order valence-electron chi connectivity index (χ2n) is 3.64. The highest BCUT2D eigenvalue weighted by Gasteiger charge is 2.19. The van der Waals surface area contributed by atoms with E-state index in [1.807, 2.05) is 13.0 Å². The Morgan fingerprint density at radius 2 is 2.29 bits per heavy atom. The van der Waals surface area contributed by atoms with Crippen molar-refractivity contribution in [3.8, 4) is 0 Å². The molecule has 1 heterocycles. The van der Waals surface area contributed by atoms with Crippen LogP contribution in [-0.2, 0) is 0 Å². The SMILES string of the molecule is Cc1nccc(NCCNC2CC2)n1. The van der Waals surface area contributed by atoms with Crippen molar-refractivity contribution in [2.24, 2.45) is 0 Å². The fourth-order valence-electron chi connectivity index (χ4n) is 1.31. The summed E-state index contributed by atoms with van der Waals surface area (Å²) in [5.74, 6) is 1.72. The van der Waals surface area contributed by atoms with Crippen molar-refractivity contribution in [1.29, 1.82) is 0 Å². The lowest BCUT2D eigenvalue weighted by Crippen LogP contribution is -2.24. The van der Waals surface area contributed by atoms with Crippen molar-refractivity contribution in [3.63, 3.8) is 0 Å². The molecule has 1 fully saturated rings. The summed E-state index contributed by atoms with van der Waals surface area (Å²) in [6.07, 6.45) is 4.46. The molecule has 0 bridgehead atoms. The predicted octanol–water partition coefficient (Wildman–Crippen LogP) is 0.949. The molecule has 0 radical (unpaired) electrons. The maximum absolute atomic E-state index is 4.26. The van der Waals surface area contributed by atoms with Gasteiger partial charge in [0.1, 0.15) is 11.6 Å². The first-order valence-electron chi connectivity index (χ1n) is 5.11. The summed E-state index contributed by atoms with van der Waals surface area (Å²) in [7, 11) is 0. The molecule has 0 unspecified atom stereocenters. The van der Waals surface area contributed by atoms with Crippen LogP contribution in [0.1, 0.15) is 18.7 Å². The summed E-state index contributed by atoms with van der Waals surface area (Å²) in [6.45, 7) is 3.83. The topological polar surface area (TPSA) is 49.8 Å². The van der Waals surface area contributed by atoms with Crippen molar-refractivity contribution >= 4 is 5.82 Å². The minimum atomic E-state index is 0.781. The molecule has 1 aromatic rings. The molecule has 14 heavy (non-hydrogen) atoms. The molecule has 1 aliphatic carbocycles. The van der Waals surface area contributed by atoms with Gasteiger partial charge in [-0.15, -0.1) is 0 Å². The van der Waals surface area contributed by atoms with Gasteiger partial charge in [-0.2, -0.15) is 0 Å². The summed E-state index contributed by atoms with van der Waals surface area (Å²) in [6, 6.07) is 2.67. The molecule has 0 atom stereocenters. The van der Waals surface area contributed by atoms with Crippen molar-refractivity contribution in [1.82, 2.24) is 15.3 Å². The number of anilines is 1. The van der Waals surface area contributed by atoms with Gasteiger partial charge in [-0.25, -0.2) is 9.97 Å². The van der Waals surface area contributed by atoms with Crippen LogP contribution >= 0.6 is 0 Å². The molecule has 0 aromatic carbocycles. The maximum atomic E-state index is 4.26. The van der Waals surface area contributed by atoms with Gasteiger partial charge in [0.25, 0.3) is 0 Å². The lowest BCUT2D eigenvalue weighted by Gasteiger charge is -2.06. The monoisotopic (exact) mass is 192 g/mol. The normalized spacial score (nSPS) is 15.5. The van der Waals surface area contributed by atoms with E-state index in [0.29, 0.717) is 0 Å². The third-order valence-electron chi connectivity index (χ3n) is 2.22. The van der Waals surface area contributed by atoms with Crippen molar-refractivity contribution in [2.45, 2.75) is 25.8 Å². The molecule has 4 heteroatoms. The van der Waals surface area contributed by atoms with Gasteiger partial charge in [-0.3, -0.25) is 0 Å². The Hall–Kier alpha value is -1.16. The van der Waals surface area contributed by atoms with Crippen LogP contribution in [0.5, 0.6) is 0 Å². The van der Waals surface area contributed by atoms with E-state index in [4.69, 9.17) is 0 Å². The van der Waals surface area contributed by atoms with Gasteiger partial charge in [0, 0.05) is 25.3 Å². The first-order valence-corrected chi connectivity index (χ1v) is 5.11. The Bertz CT molecular complexity index is 296. The molecule has 0 saturated heterocycles. The maximum Gasteiger partial charge on any atom is 0.129 e. The lowest BCUT2D eigenvalue weighted by molar-refractivity contribution is 0.700. The number of nitrogens with zero attached hydrogens (tertiary/aromatic N) is 2. The molecular weight excluding hydrogens is 176 g/mol. The average Bonchev–Trinajstić information content (AvgIpc) is 2.96. The average molecular weight is 192 g/mol. The molecule has 1 saturated carbocycles. The zero-order valence-electron chi connectivity index (χ0n) is 8.45. The van der Waals surface area contributed by atoms with Gasteiger partial charge >= 0.3 is 0 Å². The van der Waals surface area contributed by atoms with Crippen LogP contribution in [-0.4, -0.2) is 29.1 Å². The summed E-state index contributed by atoms with van der Waals surface area (Å²) < 4.78 is 0. The summed E-state index contributed by atoms with van der Waals surface area (Å²) in [4.78, 5) is 8.30. The van der Waals surface area contributed by atoms with Crippen LogP contribution in [0.15, 0.2) is 12.3 Å². The molecule has 4 nitrogen and oxygen atoms in total. The van der Waals surface area contributed by atoms with E-state index in [-0.39, 0.29) is 0 Å². The largest absolute Gasteiger partial charge is 0.369 e. The van der Waals surface area contributed by atoms with E-state index in [2.05, 4.69) is 20.6 Å². The Labute approximate surface area is 84.2 Å². The molecule has 0 aliphatic heterocycles. The van der Waals surface area contributed by atoms with E-state index >= 15 is 0 Å². The molecule has 76 valence electrons. The summed E-state index contributed by atoms with van der Waals surface area (Å²) >= 11 is 0. The van der Waals surface area contributed by atoms with Crippen LogP contribution in [0.25, 0.3) is 0 Å². The Kier molecular flexibility index (Phi) is 2.93. The molecule has 1 aromatic heterocycles. The fraction of sp³-hybridized carbons (Fsp3) is 0.600. The molecule has 0 spiro atoms. The third-order valence-corrected chi connectivity index (χ3v) is 2.22. The highest BCUT2D eigenvalue weighted by atomic mass is 15.0. The number of hydrogen-bond donors (Lipinski definition) is 2. The first-order chi connectivity index (χ1) is 6.84. The smallest absolute Gasteiger partial charge is 0.129 e. The van der Waals surface area contributed by atoms with Crippen molar-refractivity contribution in [3.05, 3.63) is 18.1 Å². The number of nitrogens with one attached hydrogen (secondary N) is 2. The lowest BCUT2D eigenvalue weighted by atomic mass is 10.5. The third kappa shape index (κ3) is 2.96. The molecular formula is C10H16N4. The van der Waals surface area contributed by atoms with Crippen LogP contribution in [0.3, 0.4) is 0 Å². The number of rotatable bonds is 5. The van der Waals surface area contributed by atoms with E-state index in [9.17, 15) is 0 Å². The highest BCUT2D eigenvalue weighted by molar-refractivity contribution is 5.32. The van der Waals surface area contributed by atoms with Crippen LogP contribution in [0, 0.1) is 6.92 Å². The van der Waals surface area contributed by atoms with E-state index in [1.165, 1.54) is 12.8 Å². The number of hydrogen-bond acceptors (Lipinski definition) is 4. The quantitative estimate of drug-likeness (QED) is 0.682. The van der Waals surface area contributed by atoms with Gasteiger partial charge < -0.3 is 10.6 Å². The highest BCUT2D eigenvalue weighted by Crippen LogP contribution is 2.17. The van der Waals surface area contributed by atoms with Crippen LogP contribution in [0.2, 0.25) is 0 Å². The number of aromatic nitrogens is 2. The van der Waals surface area contributed by atoms with Gasteiger partial charge in [0.05, 0.1) is 0 Å². The van der Waals surface area contributed by atoms with Gasteiger partial charge in [0.2, 0.25) is 0 Å². The second kappa shape index (κ2) is 4.37. The minimum Gasteiger partial charge on any atom is -0.369 e. The van der Waals surface area contributed by atoms with E-state index in [1.54, 1.807) is 6.20 Å². The van der Waals surface area contributed by atoms with Gasteiger partial charge in [-0.1, -0.05) is 0 Å². The van der Waals surface area contributed by atoms with E-state index in [0.717, 1.165) is 30.8 Å². The van der Waals surface area contributed by atoms with Crippen LogP contribution in [0.4, 0.5) is 5.82 Å². The minimum absolute atomic E-state index is 0.781. The Morgan fingerprint density at radius 3 is 3.00 bits per heavy atom. The molecule has 2 N–H and O–H groups in total. The zero-order valence-corrected chi connectivity index (χ0v) is 8.45. The van der Waals surface area contributed by atoms with E-state index < -0.39 is 0 Å². The van der Waals surface area contributed by atoms with Gasteiger partial charge in [-0.05, 0) is 25.8 Å². The molecule has 1 aliphatic rings. The predicted molar refractivity (Wildman–Crippen MR) is 56.3 cm³/mol. The standard InChI is InChI=1S/C10H16N4/c1-8-11-5-4-10(14-8)13-7-6-12-9-2-3-9/h4-5,9,12H,2-3,6-7H2,1H3,(H,11,13,14). The second-order valence-corrected chi connectivity index (χ2v) is 3.64. The fourth-order valence-corrected chi connectivity index (χ4v) is 1.31. The number of aryl methyl sites for hydroxylation is 1. The first kappa shape index (κ1) is 9.40. The zero-order chi connectivity index (χ0) is 9.80. The Balaban J connectivity index is 1.68. The summed E-state index contributed by atoms with van der Waals surface area (Å²) in [5.41, 5.74) is 0. The van der Waals surface area contributed by atoms with Gasteiger partial charge in [0.15, 0.2) is 0 Å². The molecule has 2 rings (SSSR count). The molecule has 0 amide bonds. The summed E-state index contributed by atoms with van der Waals surface area (Å²) in [5, 5.41) is 6.69.